The summed E-state index contributed by atoms with van der Waals surface area (Å²) in [6.07, 6.45) is 9.25. The number of benzene rings is 2. The normalized spacial score (nSPS) is 13.8. The quantitative estimate of drug-likeness (QED) is 0.143. The third kappa shape index (κ3) is 8.53. The fraction of sp³-hybridized carbons (Fsp3) is 0.270. The summed E-state index contributed by atoms with van der Waals surface area (Å²) in [5.74, 6) is 0.740. The van der Waals surface area contributed by atoms with Crippen molar-refractivity contribution in [2.75, 3.05) is 31.2 Å². The third-order valence-corrected chi connectivity index (χ3v) is 8.37. The lowest BCUT2D eigenvalue weighted by Gasteiger charge is -2.25. The van der Waals surface area contributed by atoms with Crippen LogP contribution in [0.5, 0.6) is 5.75 Å². The van der Waals surface area contributed by atoms with Gasteiger partial charge in [-0.2, -0.15) is 15.8 Å². The van der Waals surface area contributed by atoms with Crippen LogP contribution in [-0.4, -0.2) is 42.1 Å². The van der Waals surface area contributed by atoms with Crippen LogP contribution in [0.15, 0.2) is 89.2 Å². The van der Waals surface area contributed by atoms with Gasteiger partial charge in [0, 0.05) is 52.3 Å². The van der Waals surface area contributed by atoms with Gasteiger partial charge in [-0.1, -0.05) is 36.4 Å². The topological polar surface area (TPSA) is 134 Å². The molecule has 9 heteroatoms. The van der Waals surface area contributed by atoms with E-state index < -0.39 is 5.60 Å². The monoisotopic (exact) mass is 632 g/mol. The summed E-state index contributed by atoms with van der Waals surface area (Å²) in [6, 6.07) is 25.7. The van der Waals surface area contributed by atoms with Gasteiger partial charge in [-0.15, -0.1) is 11.3 Å². The van der Waals surface area contributed by atoms with E-state index in [1.165, 1.54) is 0 Å². The highest BCUT2D eigenvalue weighted by Crippen LogP contribution is 2.40. The zero-order valence-corrected chi connectivity index (χ0v) is 26.8. The van der Waals surface area contributed by atoms with E-state index in [1.807, 2.05) is 97.1 Å². The van der Waals surface area contributed by atoms with Crippen LogP contribution in [0, 0.1) is 34.0 Å². The Kier molecular flexibility index (Phi) is 11.9. The lowest BCUT2D eigenvalue weighted by molar-refractivity contribution is 0.0954. The number of aliphatic hydroxyl groups is 2. The van der Waals surface area contributed by atoms with Crippen molar-refractivity contribution >= 4 is 35.3 Å². The van der Waals surface area contributed by atoms with Crippen LogP contribution >= 0.6 is 11.3 Å². The molecule has 0 saturated heterocycles. The summed E-state index contributed by atoms with van der Waals surface area (Å²) in [5.41, 5.74) is 2.60. The smallest absolute Gasteiger partial charge is 0.172 e. The molecule has 1 aliphatic rings. The molecule has 4 rings (SSSR count). The van der Waals surface area contributed by atoms with Gasteiger partial charge in [0.15, 0.2) is 11.3 Å². The molecule has 0 amide bonds. The molecule has 1 aromatic heterocycles. The van der Waals surface area contributed by atoms with Gasteiger partial charge in [-0.3, -0.25) is 0 Å². The number of ether oxygens (including phenoxy) is 2. The minimum absolute atomic E-state index is 0.0212. The van der Waals surface area contributed by atoms with E-state index in [4.69, 9.17) is 9.47 Å². The minimum atomic E-state index is -0.871. The minimum Gasteiger partial charge on any atom is -0.488 e. The van der Waals surface area contributed by atoms with Crippen molar-refractivity contribution in [1.82, 2.24) is 0 Å². The highest BCUT2D eigenvalue weighted by atomic mass is 32.1. The Morgan fingerprint density at radius 3 is 2.26 bits per heavy atom. The second-order valence-electron chi connectivity index (χ2n) is 11.0. The van der Waals surface area contributed by atoms with E-state index in [1.54, 1.807) is 25.2 Å². The van der Waals surface area contributed by atoms with Crippen LogP contribution < -0.4 is 9.64 Å². The van der Waals surface area contributed by atoms with Gasteiger partial charge >= 0.3 is 0 Å². The summed E-state index contributed by atoms with van der Waals surface area (Å²) < 4.78 is 12.2. The maximum atomic E-state index is 9.79. The predicted octanol–water partition coefficient (Wildman–Crippen LogP) is 7.01. The summed E-state index contributed by atoms with van der Waals surface area (Å²) in [4.78, 5) is 4.06. The maximum Gasteiger partial charge on any atom is 0.172 e. The number of hydrogen-bond donors (Lipinski definition) is 2. The van der Waals surface area contributed by atoms with Crippen LogP contribution in [0.2, 0.25) is 0 Å². The van der Waals surface area contributed by atoms with E-state index in [9.17, 15) is 26.0 Å². The van der Waals surface area contributed by atoms with Gasteiger partial charge in [0.2, 0.25) is 0 Å². The van der Waals surface area contributed by atoms with Gasteiger partial charge < -0.3 is 24.6 Å². The molecule has 0 atom stereocenters. The Labute approximate surface area is 274 Å². The molecule has 2 N–H and O–H groups in total. The zero-order valence-electron chi connectivity index (χ0n) is 25.9. The highest BCUT2D eigenvalue weighted by molar-refractivity contribution is 7.13. The van der Waals surface area contributed by atoms with Crippen LogP contribution in [-0.2, 0) is 11.3 Å². The molecule has 0 fully saturated rings. The van der Waals surface area contributed by atoms with Gasteiger partial charge in [-0.25, -0.2) is 0 Å². The Balaban J connectivity index is 1.59. The molecule has 234 valence electrons. The number of thiophene rings is 1. The molecule has 0 radical (unpaired) electrons. The molecule has 0 spiro atoms. The van der Waals surface area contributed by atoms with E-state index in [2.05, 4.69) is 11.0 Å². The zero-order chi connectivity index (χ0) is 32.9. The second kappa shape index (κ2) is 16.3. The predicted molar refractivity (Wildman–Crippen MR) is 181 cm³/mol. The van der Waals surface area contributed by atoms with E-state index >= 15 is 0 Å². The largest absolute Gasteiger partial charge is 0.488 e. The van der Waals surface area contributed by atoms with Crippen molar-refractivity contribution in [2.45, 2.75) is 38.9 Å². The number of aliphatic hydroxyl groups excluding tert-OH is 2. The van der Waals surface area contributed by atoms with E-state index in [-0.39, 0.29) is 30.1 Å². The lowest BCUT2D eigenvalue weighted by atomic mass is 9.94. The molecule has 1 aliphatic heterocycles. The van der Waals surface area contributed by atoms with Crippen molar-refractivity contribution < 1.29 is 19.7 Å². The maximum absolute atomic E-state index is 9.79. The number of nitrogens with zero attached hydrogens (tertiary/aromatic N) is 4. The Bertz CT molecular complexity index is 1750. The average molecular weight is 633 g/mol. The molecule has 46 heavy (non-hydrogen) atoms. The van der Waals surface area contributed by atoms with Gasteiger partial charge in [0.25, 0.3) is 0 Å². The number of allylic oxidation sites excluding steroid dienone is 2. The van der Waals surface area contributed by atoms with Crippen molar-refractivity contribution in [3.05, 3.63) is 110 Å². The van der Waals surface area contributed by atoms with Crippen molar-refractivity contribution in [2.24, 2.45) is 0 Å². The molecule has 2 heterocycles. The van der Waals surface area contributed by atoms with Gasteiger partial charge in [0.05, 0.1) is 6.61 Å². The number of anilines is 1. The Hall–Kier alpha value is -5.11. The van der Waals surface area contributed by atoms with Crippen LogP contribution in [0.25, 0.3) is 18.2 Å². The highest BCUT2D eigenvalue weighted by Gasteiger charge is 2.38. The Morgan fingerprint density at radius 1 is 0.891 bits per heavy atom. The first-order chi connectivity index (χ1) is 22.3. The van der Waals surface area contributed by atoms with Crippen molar-refractivity contribution in [1.29, 1.82) is 15.8 Å². The van der Waals surface area contributed by atoms with Gasteiger partial charge in [0.1, 0.15) is 41.7 Å². The average Bonchev–Trinajstić information content (AvgIpc) is 3.62. The molecule has 0 unspecified atom stereocenters. The molecule has 0 saturated carbocycles. The van der Waals surface area contributed by atoms with Crippen LogP contribution in [0.3, 0.4) is 0 Å². The second-order valence-corrected chi connectivity index (χ2v) is 12.1. The molecule has 2 aromatic carbocycles. The number of rotatable bonds is 14. The summed E-state index contributed by atoms with van der Waals surface area (Å²) in [6.45, 7) is 5.36. The van der Waals surface area contributed by atoms with Crippen LogP contribution in [0.1, 0.15) is 47.6 Å². The molecule has 0 bridgehead atoms. The third-order valence-electron chi connectivity index (χ3n) is 7.36. The van der Waals surface area contributed by atoms with E-state index in [0.29, 0.717) is 31.7 Å². The summed E-state index contributed by atoms with van der Waals surface area (Å²) >= 11 is 1.57. The van der Waals surface area contributed by atoms with Crippen molar-refractivity contribution in [3.63, 3.8) is 0 Å². The Morgan fingerprint density at radius 2 is 1.61 bits per heavy atom. The number of unbranched alkanes of at least 4 members (excludes halogenated alkanes) is 1. The number of nitriles is 3. The molecule has 3 aromatic rings. The van der Waals surface area contributed by atoms with Crippen molar-refractivity contribution in [3.8, 4) is 24.0 Å². The lowest BCUT2D eigenvalue weighted by Crippen LogP contribution is -2.28. The van der Waals surface area contributed by atoms with E-state index in [0.717, 1.165) is 38.7 Å². The first-order valence-electron chi connectivity index (χ1n) is 15.0. The molecule has 8 nitrogen and oxygen atoms in total. The SMILES string of the molecule is CC1(C)OC(=C(C#N)C#N)C(C#N)=C1/C=C/c1ccc(/C=C/c2ccc(N(CCO)CCCCO)cc2OCc2ccccc2)s1. The van der Waals surface area contributed by atoms with Crippen LogP contribution in [0.4, 0.5) is 5.69 Å². The molecular weight excluding hydrogens is 596 g/mol. The summed E-state index contributed by atoms with van der Waals surface area (Å²) in [7, 11) is 0. The molecule has 0 aliphatic carbocycles. The summed E-state index contributed by atoms with van der Waals surface area (Å²) in [5, 5.41) is 47.3. The first-order valence-corrected chi connectivity index (χ1v) is 15.8. The molecular formula is C37H36N4O4S. The number of hydrogen-bond acceptors (Lipinski definition) is 9. The van der Waals surface area contributed by atoms with Gasteiger partial charge in [-0.05, 0) is 74.7 Å². The fourth-order valence-electron chi connectivity index (χ4n) is 4.99. The standard InChI is InChI=1S/C37H36N4O4S/c1-37(2)34(33(25-40)36(45-37)29(23-38)24-39)17-16-32-15-14-31(46-32)13-11-28-10-12-30(41(19-21-43)18-6-7-20-42)22-35(28)44-26-27-8-4-3-5-9-27/h3-5,8-17,22,42-43H,6-7,18-21,26H2,1-2H3/b13-11+,17-16+. The first kappa shape index (κ1) is 33.8. The fourth-order valence-corrected chi connectivity index (χ4v) is 5.81.